The van der Waals surface area contributed by atoms with Crippen LogP contribution in [0.5, 0.6) is 5.75 Å². The summed E-state index contributed by atoms with van der Waals surface area (Å²) < 4.78 is 11.4. The number of benzene rings is 1. The van der Waals surface area contributed by atoms with E-state index in [1.54, 1.807) is 12.1 Å². The summed E-state index contributed by atoms with van der Waals surface area (Å²) in [5, 5.41) is 10.9. The number of ether oxygens (including phenoxy) is 2. The van der Waals surface area contributed by atoms with Gasteiger partial charge in [-0.25, -0.2) is 0 Å². The fraction of sp³-hybridized carbons (Fsp3) is 0.571. The number of rotatable bonds is 1. The molecular formula is C14H17ClO3. The molecular weight excluding hydrogens is 252 g/mol. The lowest BCUT2D eigenvalue weighted by Gasteiger charge is -2.36. The topological polar surface area (TPSA) is 38.7 Å². The summed E-state index contributed by atoms with van der Waals surface area (Å²) >= 11 is 5.94. The van der Waals surface area contributed by atoms with Crippen molar-refractivity contribution >= 4 is 11.6 Å². The quantitative estimate of drug-likeness (QED) is 0.851. The van der Waals surface area contributed by atoms with Crippen LogP contribution in [0.1, 0.15) is 30.9 Å². The molecule has 1 aromatic carbocycles. The summed E-state index contributed by atoms with van der Waals surface area (Å²) in [6, 6.07) is 5.45. The molecule has 1 N–H and O–H groups in total. The molecule has 0 spiro atoms. The minimum atomic E-state index is -0.472. The van der Waals surface area contributed by atoms with E-state index in [1.807, 2.05) is 6.07 Å². The molecule has 0 radical (unpaired) electrons. The molecule has 2 unspecified atom stereocenters. The highest BCUT2D eigenvalue weighted by Crippen LogP contribution is 2.39. The maximum absolute atomic E-state index is 10.2. The van der Waals surface area contributed by atoms with Gasteiger partial charge in [-0.3, -0.25) is 0 Å². The zero-order valence-corrected chi connectivity index (χ0v) is 10.9. The van der Waals surface area contributed by atoms with Crippen molar-refractivity contribution in [3.63, 3.8) is 0 Å². The van der Waals surface area contributed by atoms with Crippen molar-refractivity contribution in [3.8, 4) is 5.75 Å². The van der Waals surface area contributed by atoms with Crippen LogP contribution in [0.2, 0.25) is 5.02 Å². The van der Waals surface area contributed by atoms with Crippen molar-refractivity contribution in [2.75, 3.05) is 13.2 Å². The van der Waals surface area contributed by atoms with Gasteiger partial charge < -0.3 is 14.6 Å². The average Bonchev–Trinajstić information content (AvgIpc) is 2.40. The summed E-state index contributed by atoms with van der Waals surface area (Å²) in [5.41, 5.74) is 0.811. The zero-order valence-electron chi connectivity index (χ0n) is 10.1. The Morgan fingerprint density at radius 3 is 2.78 bits per heavy atom. The van der Waals surface area contributed by atoms with Crippen molar-refractivity contribution in [1.29, 1.82) is 0 Å². The smallest absolute Gasteiger partial charge is 0.125 e. The van der Waals surface area contributed by atoms with Crippen LogP contribution in [0.4, 0.5) is 0 Å². The minimum absolute atomic E-state index is 0.0950. The molecule has 0 aromatic heterocycles. The first kappa shape index (κ1) is 12.3. The second-order valence-electron chi connectivity index (χ2n) is 5.04. The van der Waals surface area contributed by atoms with Crippen LogP contribution >= 0.6 is 11.6 Å². The van der Waals surface area contributed by atoms with E-state index in [9.17, 15) is 5.11 Å². The number of hydrogen-bond donors (Lipinski definition) is 1. The van der Waals surface area contributed by atoms with Gasteiger partial charge in [0.15, 0.2) is 0 Å². The van der Waals surface area contributed by atoms with Crippen LogP contribution in [0.25, 0.3) is 0 Å². The molecule has 0 saturated carbocycles. The first-order chi connectivity index (χ1) is 8.74. The Morgan fingerprint density at radius 1 is 1.22 bits per heavy atom. The number of halogens is 1. The predicted octanol–water partition coefficient (Wildman–Crippen LogP) is 2.95. The molecule has 0 amide bonds. The van der Waals surface area contributed by atoms with Crippen LogP contribution in [-0.2, 0) is 4.74 Å². The Morgan fingerprint density at radius 2 is 2.00 bits per heavy atom. The fourth-order valence-corrected chi connectivity index (χ4v) is 3.00. The third kappa shape index (κ3) is 2.35. The highest BCUT2D eigenvalue weighted by atomic mass is 35.5. The molecule has 1 fully saturated rings. The maximum Gasteiger partial charge on any atom is 0.125 e. The third-order valence-corrected chi connectivity index (χ3v) is 4.09. The van der Waals surface area contributed by atoms with E-state index >= 15 is 0 Å². The summed E-state index contributed by atoms with van der Waals surface area (Å²) in [5.74, 6) is 1.26. The van der Waals surface area contributed by atoms with E-state index in [0.29, 0.717) is 17.4 Å². The summed E-state index contributed by atoms with van der Waals surface area (Å²) in [6.07, 6.45) is 2.30. The molecule has 98 valence electrons. The van der Waals surface area contributed by atoms with Gasteiger partial charge in [-0.2, -0.15) is 0 Å². The van der Waals surface area contributed by atoms with Gasteiger partial charge in [-0.1, -0.05) is 11.6 Å². The monoisotopic (exact) mass is 268 g/mol. The fourth-order valence-electron chi connectivity index (χ4n) is 2.82. The van der Waals surface area contributed by atoms with Crippen LogP contribution in [-0.4, -0.2) is 24.4 Å². The minimum Gasteiger partial charge on any atom is -0.490 e. The number of aliphatic hydroxyl groups excluding tert-OH is 1. The Labute approximate surface area is 112 Å². The molecule has 2 aliphatic heterocycles. The van der Waals surface area contributed by atoms with Crippen molar-refractivity contribution in [1.82, 2.24) is 0 Å². The van der Waals surface area contributed by atoms with Gasteiger partial charge in [-0.05, 0) is 31.0 Å². The molecule has 2 aliphatic rings. The van der Waals surface area contributed by atoms with Gasteiger partial charge in [-0.15, -0.1) is 0 Å². The van der Waals surface area contributed by atoms with E-state index in [2.05, 4.69) is 0 Å². The lowest BCUT2D eigenvalue weighted by atomic mass is 9.87. The Bertz CT molecular complexity index is 429. The summed E-state index contributed by atoms with van der Waals surface area (Å²) in [7, 11) is 0. The number of aliphatic hydroxyl groups is 1. The lowest BCUT2D eigenvalue weighted by Crippen LogP contribution is -2.36. The Hall–Kier alpha value is -0.770. The van der Waals surface area contributed by atoms with Crippen molar-refractivity contribution in [3.05, 3.63) is 28.8 Å². The second-order valence-corrected chi connectivity index (χ2v) is 5.48. The molecule has 4 heteroatoms. The van der Waals surface area contributed by atoms with E-state index < -0.39 is 6.10 Å². The maximum atomic E-state index is 10.2. The molecule has 18 heavy (non-hydrogen) atoms. The van der Waals surface area contributed by atoms with Gasteiger partial charge in [0, 0.05) is 36.1 Å². The molecule has 2 heterocycles. The molecule has 0 bridgehead atoms. The van der Waals surface area contributed by atoms with Gasteiger partial charge in [0.25, 0.3) is 0 Å². The first-order valence-electron chi connectivity index (χ1n) is 6.46. The average molecular weight is 269 g/mol. The van der Waals surface area contributed by atoms with Crippen LogP contribution in [0.3, 0.4) is 0 Å². The first-order valence-corrected chi connectivity index (χ1v) is 6.84. The van der Waals surface area contributed by atoms with E-state index in [1.165, 1.54) is 0 Å². The van der Waals surface area contributed by atoms with Gasteiger partial charge >= 0.3 is 0 Å². The van der Waals surface area contributed by atoms with E-state index in [4.69, 9.17) is 21.1 Å². The van der Waals surface area contributed by atoms with Crippen molar-refractivity contribution in [2.45, 2.75) is 31.5 Å². The number of fused-ring (bicyclic) bond motifs is 1. The SMILES string of the molecule is OC1CC(C2CCOCC2)Oc2ccc(Cl)cc21. The van der Waals surface area contributed by atoms with Crippen molar-refractivity contribution < 1.29 is 14.6 Å². The highest BCUT2D eigenvalue weighted by molar-refractivity contribution is 6.30. The van der Waals surface area contributed by atoms with E-state index in [-0.39, 0.29) is 6.10 Å². The second kappa shape index (κ2) is 5.08. The summed E-state index contributed by atoms with van der Waals surface area (Å²) in [6.45, 7) is 1.60. The lowest BCUT2D eigenvalue weighted by molar-refractivity contribution is -0.0150. The van der Waals surface area contributed by atoms with Crippen LogP contribution in [0.15, 0.2) is 18.2 Å². The molecule has 1 aromatic rings. The Kier molecular flexibility index (Phi) is 3.46. The largest absolute Gasteiger partial charge is 0.490 e. The molecule has 0 aliphatic carbocycles. The highest BCUT2D eigenvalue weighted by Gasteiger charge is 2.33. The van der Waals surface area contributed by atoms with Gasteiger partial charge in [0.2, 0.25) is 0 Å². The van der Waals surface area contributed by atoms with Gasteiger partial charge in [0.1, 0.15) is 11.9 Å². The zero-order chi connectivity index (χ0) is 12.5. The molecule has 3 rings (SSSR count). The van der Waals surface area contributed by atoms with Gasteiger partial charge in [0.05, 0.1) is 6.10 Å². The standard InChI is InChI=1S/C14H17ClO3/c15-10-1-2-13-11(7-10)12(16)8-14(18-13)9-3-5-17-6-4-9/h1-2,7,9,12,14,16H,3-6,8H2. The molecule has 2 atom stereocenters. The third-order valence-electron chi connectivity index (χ3n) is 3.86. The predicted molar refractivity (Wildman–Crippen MR) is 69.0 cm³/mol. The van der Waals surface area contributed by atoms with Crippen LogP contribution in [0, 0.1) is 5.92 Å². The molecule has 3 nitrogen and oxygen atoms in total. The van der Waals surface area contributed by atoms with E-state index in [0.717, 1.165) is 37.4 Å². The summed E-state index contributed by atoms with van der Waals surface area (Å²) in [4.78, 5) is 0. The number of hydrogen-bond acceptors (Lipinski definition) is 3. The van der Waals surface area contributed by atoms with Crippen molar-refractivity contribution in [2.24, 2.45) is 5.92 Å². The molecule has 1 saturated heterocycles. The van der Waals surface area contributed by atoms with Crippen LogP contribution < -0.4 is 4.74 Å². The normalized spacial score (nSPS) is 28.6. The Balaban J connectivity index is 1.80.